The van der Waals surface area contributed by atoms with Gasteiger partial charge in [0.2, 0.25) is 0 Å². The topological polar surface area (TPSA) is 37.6 Å². The third-order valence-corrected chi connectivity index (χ3v) is 4.76. The number of aromatic nitrogens is 2. The molecule has 4 nitrogen and oxygen atoms in total. The van der Waals surface area contributed by atoms with Gasteiger partial charge in [-0.3, -0.25) is 9.20 Å². The highest BCUT2D eigenvalue weighted by molar-refractivity contribution is 7.21. The van der Waals surface area contributed by atoms with Crippen molar-refractivity contribution in [1.29, 1.82) is 0 Å². The zero-order valence-electron chi connectivity index (χ0n) is 10.2. The second-order valence-corrected chi connectivity index (χ2v) is 5.85. The molecule has 0 aromatic carbocycles. The second kappa shape index (κ2) is 4.37. The Hall–Kier alpha value is -1.40. The van der Waals surface area contributed by atoms with Gasteiger partial charge in [-0.1, -0.05) is 0 Å². The molecule has 18 heavy (non-hydrogen) atoms. The van der Waals surface area contributed by atoms with Crippen LogP contribution in [0.5, 0.6) is 0 Å². The SMILES string of the molecule is CCN(CC)C(=O)c1cc2c(nc3sccn32)s1. The van der Waals surface area contributed by atoms with Crippen LogP contribution in [0.15, 0.2) is 17.6 Å². The van der Waals surface area contributed by atoms with E-state index in [0.29, 0.717) is 0 Å². The van der Waals surface area contributed by atoms with Gasteiger partial charge in [-0.25, -0.2) is 4.98 Å². The molecule has 0 saturated carbocycles. The predicted molar refractivity (Wildman–Crippen MR) is 75.7 cm³/mol. The smallest absolute Gasteiger partial charge is 0.264 e. The Morgan fingerprint density at radius 2 is 2.22 bits per heavy atom. The maximum absolute atomic E-state index is 12.3. The average Bonchev–Trinajstić information content (AvgIpc) is 3.00. The minimum atomic E-state index is 0.104. The van der Waals surface area contributed by atoms with Crippen LogP contribution in [0.2, 0.25) is 0 Å². The molecule has 0 aliphatic rings. The van der Waals surface area contributed by atoms with E-state index in [0.717, 1.165) is 33.3 Å². The molecule has 94 valence electrons. The molecular formula is C12H13N3OS2. The molecule has 0 fully saturated rings. The summed E-state index contributed by atoms with van der Waals surface area (Å²) in [5.74, 6) is 0.104. The third kappa shape index (κ3) is 1.64. The molecule has 6 heteroatoms. The summed E-state index contributed by atoms with van der Waals surface area (Å²) in [6.07, 6.45) is 1.99. The number of imidazole rings is 1. The Morgan fingerprint density at radius 1 is 1.44 bits per heavy atom. The number of hydrogen-bond acceptors (Lipinski definition) is 4. The molecule has 0 bridgehead atoms. The van der Waals surface area contributed by atoms with Crippen molar-refractivity contribution in [3.05, 3.63) is 22.5 Å². The van der Waals surface area contributed by atoms with Crippen molar-refractivity contribution in [3.63, 3.8) is 0 Å². The van der Waals surface area contributed by atoms with E-state index in [2.05, 4.69) is 4.98 Å². The molecule has 3 aromatic rings. The molecule has 3 aromatic heterocycles. The first-order valence-electron chi connectivity index (χ1n) is 5.89. The van der Waals surface area contributed by atoms with E-state index in [1.807, 2.05) is 40.8 Å². The van der Waals surface area contributed by atoms with Crippen molar-refractivity contribution in [3.8, 4) is 0 Å². The molecule has 0 radical (unpaired) electrons. The molecule has 0 atom stereocenters. The predicted octanol–water partition coefficient (Wildman–Crippen LogP) is 3.09. The molecule has 3 heterocycles. The van der Waals surface area contributed by atoms with Gasteiger partial charge in [-0.15, -0.1) is 22.7 Å². The van der Waals surface area contributed by atoms with Gasteiger partial charge in [0.15, 0.2) is 4.96 Å². The quantitative estimate of drug-likeness (QED) is 0.739. The number of carbonyl (C=O) groups excluding carboxylic acids is 1. The van der Waals surface area contributed by atoms with E-state index in [1.54, 1.807) is 11.3 Å². The number of rotatable bonds is 3. The summed E-state index contributed by atoms with van der Waals surface area (Å²) < 4.78 is 2.04. The van der Waals surface area contributed by atoms with E-state index in [4.69, 9.17) is 0 Å². The van der Waals surface area contributed by atoms with Gasteiger partial charge in [-0.05, 0) is 19.9 Å². The van der Waals surface area contributed by atoms with Crippen molar-refractivity contribution < 1.29 is 4.79 Å². The summed E-state index contributed by atoms with van der Waals surface area (Å²) in [5, 5.41) is 2.01. The van der Waals surface area contributed by atoms with Crippen molar-refractivity contribution >= 4 is 43.9 Å². The first kappa shape index (κ1) is 11.7. The van der Waals surface area contributed by atoms with Gasteiger partial charge in [0.05, 0.1) is 10.4 Å². The highest BCUT2D eigenvalue weighted by Gasteiger charge is 2.18. The van der Waals surface area contributed by atoms with Crippen molar-refractivity contribution in [1.82, 2.24) is 14.3 Å². The summed E-state index contributed by atoms with van der Waals surface area (Å²) in [6.45, 7) is 5.48. The highest BCUT2D eigenvalue weighted by Crippen LogP contribution is 2.28. The van der Waals surface area contributed by atoms with Crippen molar-refractivity contribution in [2.24, 2.45) is 0 Å². The first-order chi connectivity index (χ1) is 8.74. The molecule has 0 aliphatic carbocycles. The first-order valence-corrected chi connectivity index (χ1v) is 7.58. The fourth-order valence-electron chi connectivity index (χ4n) is 2.02. The second-order valence-electron chi connectivity index (χ2n) is 3.95. The summed E-state index contributed by atoms with van der Waals surface area (Å²) in [7, 11) is 0. The zero-order chi connectivity index (χ0) is 12.7. The van der Waals surface area contributed by atoms with Gasteiger partial charge in [0, 0.05) is 24.7 Å². The number of hydrogen-bond donors (Lipinski definition) is 0. The Balaban J connectivity index is 2.07. The highest BCUT2D eigenvalue weighted by atomic mass is 32.1. The lowest BCUT2D eigenvalue weighted by atomic mass is 10.3. The number of amides is 1. The number of thiazole rings is 1. The summed E-state index contributed by atoms with van der Waals surface area (Å²) in [4.78, 5) is 21.3. The van der Waals surface area contributed by atoms with Gasteiger partial charge in [0.25, 0.3) is 5.91 Å². The van der Waals surface area contributed by atoms with Gasteiger partial charge >= 0.3 is 0 Å². The van der Waals surface area contributed by atoms with E-state index in [1.165, 1.54) is 11.3 Å². The Bertz CT molecular complexity index is 705. The number of nitrogens with zero attached hydrogens (tertiary/aromatic N) is 3. The summed E-state index contributed by atoms with van der Waals surface area (Å²) in [6, 6.07) is 1.95. The van der Waals surface area contributed by atoms with E-state index >= 15 is 0 Å². The fraction of sp³-hybridized carbons (Fsp3) is 0.333. The van der Waals surface area contributed by atoms with Crippen molar-refractivity contribution in [2.75, 3.05) is 13.1 Å². The molecular weight excluding hydrogens is 266 g/mol. The average molecular weight is 279 g/mol. The van der Waals surface area contributed by atoms with Crippen LogP contribution in [-0.2, 0) is 0 Å². The molecule has 0 unspecified atom stereocenters. The lowest BCUT2D eigenvalue weighted by molar-refractivity contribution is 0.0778. The molecule has 1 amide bonds. The zero-order valence-corrected chi connectivity index (χ0v) is 11.8. The minimum absolute atomic E-state index is 0.104. The fourth-order valence-corrected chi connectivity index (χ4v) is 3.79. The van der Waals surface area contributed by atoms with E-state index < -0.39 is 0 Å². The summed E-state index contributed by atoms with van der Waals surface area (Å²) >= 11 is 3.09. The monoisotopic (exact) mass is 279 g/mol. The lowest BCUT2D eigenvalue weighted by Gasteiger charge is -2.17. The van der Waals surface area contributed by atoms with Crippen LogP contribution in [-0.4, -0.2) is 33.3 Å². The van der Waals surface area contributed by atoms with Crippen LogP contribution in [0.4, 0.5) is 0 Å². The van der Waals surface area contributed by atoms with Crippen LogP contribution in [0.3, 0.4) is 0 Å². The van der Waals surface area contributed by atoms with E-state index in [-0.39, 0.29) is 5.91 Å². The maximum atomic E-state index is 12.3. The number of thiophene rings is 1. The van der Waals surface area contributed by atoms with Gasteiger partial charge in [-0.2, -0.15) is 0 Å². The Labute approximate surface area is 112 Å². The Kier molecular flexibility index (Phi) is 2.83. The van der Waals surface area contributed by atoms with Crippen LogP contribution in [0.1, 0.15) is 23.5 Å². The van der Waals surface area contributed by atoms with Gasteiger partial charge in [0.1, 0.15) is 4.83 Å². The maximum Gasteiger partial charge on any atom is 0.264 e. The van der Waals surface area contributed by atoms with Crippen molar-refractivity contribution in [2.45, 2.75) is 13.8 Å². The van der Waals surface area contributed by atoms with Crippen LogP contribution in [0.25, 0.3) is 15.3 Å². The largest absolute Gasteiger partial charge is 0.339 e. The molecule has 3 rings (SSSR count). The van der Waals surface area contributed by atoms with Crippen LogP contribution >= 0.6 is 22.7 Å². The summed E-state index contributed by atoms with van der Waals surface area (Å²) in [5.41, 5.74) is 1.03. The molecule has 0 N–H and O–H groups in total. The molecule has 0 saturated heterocycles. The molecule has 0 aliphatic heterocycles. The standard InChI is InChI=1S/C12H13N3OS2/c1-3-14(4-2)11(16)9-7-8-10(18-9)13-12-15(8)5-6-17-12/h5-7H,3-4H2,1-2H3. The third-order valence-electron chi connectivity index (χ3n) is 3.00. The van der Waals surface area contributed by atoms with E-state index in [9.17, 15) is 4.79 Å². The lowest BCUT2D eigenvalue weighted by Crippen LogP contribution is -2.29. The minimum Gasteiger partial charge on any atom is -0.339 e. The normalized spacial score (nSPS) is 11.4. The number of carbonyl (C=O) groups is 1. The van der Waals surface area contributed by atoms with Crippen LogP contribution in [0, 0.1) is 0 Å². The number of fused-ring (bicyclic) bond motifs is 3. The Morgan fingerprint density at radius 3 is 2.94 bits per heavy atom. The van der Waals surface area contributed by atoms with Gasteiger partial charge < -0.3 is 4.90 Å². The molecule has 0 spiro atoms. The van der Waals surface area contributed by atoms with Crippen LogP contribution < -0.4 is 0 Å².